The number of nitrogens with zero attached hydrogens (tertiary/aromatic N) is 4. The van der Waals surface area contributed by atoms with E-state index >= 15 is 0 Å². The molecule has 0 saturated carbocycles. The zero-order chi connectivity index (χ0) is 29.9. The van der Waals surface area contributed by atoms with Gasteiger partial charge in [-0.05, 0) is 55.5 Å². The SMILES string of the molecule is Cc1ccc(-c2nc(-c3ccc(-n4c5ccccc5c5ccccc54)cc3)nc(-c3cccc4c3sc3ccccc34)n2)cc1. The van der Waals surface area contributed by atoms with Gasteiger partial charge in [-0.2, -0.15) is 0 Å². The summed E-state index contributed by atoms with van der Waals surface area (Å²) in [5.41, 5.74) is 7.60. The molecule has 4 nitrogen and oxygen atoms in total. The third-order valence-electron chi connectivity index (χ3n) is 8.55. The lowest BCUT2D eigenvalue weighted by molar-refractivity contribution is 1.07. The molecule has 0 amide bonds. The van der Waals surface area contributed by atoms with Gasteiger partial charge in [-0.1, -0.05) is 96.6 Å². The molecule has 3 heterocycles. The van der Waals surface area contributed by atoms with Crippen LogP contribution in [-0.4, -0.2) is 19.5 Å². The van der Waals surface area contributed by atoms with Crippen molar-refractivity contribution in [3.63, 3.8) is 0 Å². The fourth-order valence-corrected chi connectivity index (χ4v) is 7.55. The third-order valence-corrected chi connectivity index (χ3v) is 9.77. The molecule has 0 aliphatic rings. The summed E-state index contributed by atoms with van der Waals surface area (Å²) in [6.07, 6.45) is 0. The Hall–Kier alpha value is -5.65. The van der Waals surface area contributed by atoms with Crippen molar-refractivity contribution in [3.05, 3.63) is 145 Å². The molecule has 0 unspecified atom stereocenters. The molecule has 5 heteroatoms. The van der Waals surface area contributed by atoms with Gasteiger partial charge in [0.15, 0.2) is 17.5 Å². The summed E-state index contributed by atoms with van der Waals surface area (Å²) >= 11 is 1.79. The van der Waals surface area contributed by atoms with Crippen LogP contribution in [0.15, 0.2) is 140 Å². The van der Waals surface area contributed by atoms with E-state index in [-0.39, 0.29) is 0 Å². The van der Waals surface area contributed by atoms with Crippen LogP contribution in [0.25, 0.3) is 81.8 Å². The Morgan fingerprint density at radius 3 is 1.67 bits per heavy atom. The lowest BCUT2D eigenvalue weighted by Crippen LogP contribution is -2.00. The first-order valence-electron chi connectivity index (χ1n) is 15.0. The zero-order valence-electron chi connectivity index (χ0n) is 24.5. The summed E-state index contributed by atoms with van der Waals surface area (Å²) in [5.74, 6) is 2.00. The normalized spacial score (nSPS) is 11.7. The number of thiophene rings is 1. The molecule has 0 aliphatic heterocycles. The Morgan fingerprint density at radius 2 is 1.00 bits per heavy atom. The molecular weight excluding hydrogens is 569 g/mol. The maximum atomic E-state index is 5.11. The number of rotatable bonds is 4. The third kappa shape index (κ3) is 4.24. The van der Waals surface area contributed by atoms with E-state index in [9.17, 15) is 0 Å². The van der Waals surface area contributed by atoms with Gasteiger partial charge in [0.1, 0.15) is 0 Å². The Morgan fingerprint density at radius 1 is 0.467 bits per heavy atom. The molecule has 0 bridgehead atoms. The molecule has 0 aliphatic carbocycles. The topological polar surface area (TPSA) is 43.6 Å². The van der Waals surface area contributed by atoms with Gasteiger partial charge in [0, 0.05) is 53.3 Å². The highest BCUT2D eigenvalue weighted by Gasteiger charge is 2.17. The minimum atomic E-state index is 0.655. The van der Waals surface area contributed by atoms with E-state index in [1.54, 1.807) is 11.3 Å². The van der Waals surface area contributed by atoms with Crippen molar-refractivity contribution < 1.29 is 0 Å². The van der Waals surface area contributed by atoms with E-state index in [4.69, 9.17) is 15.0 Å². The number of aromatic nitrogens is 4. The summed E-state index contributed by atoms with van der Waals surface area (Å²) in [7, 11) is 0. The molecule has 0 saturated heterocycles. The molecule has 0 radical (unpaired) electrons. The van der Waals surface area contributed by atoms with Crippen molar-refractivity contribution >= 4 is 53.3 Å². The fourth-order valence-electron chi connectivity index (χ4n) is 6.34. The predicted molar refractivity (Wildman–Crippen MR) is 188 cm³/mol. The van der Waals surface area contributed by atoms with Crippen molar-refractivity contribution in [1.82, 2.24) is 19.5 Å². The first-order valence-corrected chi connectivity index (χ1v) is 15.9. The van der Waals surface area contributed by atoms with Crippen molar-refractivity contribution in [2.75, 3.05) is 0 Å². The molecule has 0 spiro atoms. The lowest BCUT2D eigenvalue weighted by atomic mass is 10.1. The van der Waals surface area contributed by atoms with Crippen LogP contribution in [0, 0.1) is 6.92 Å². The van der Waals surface area contributed by atoms with Gasteiger partial charge in [-0.25, -0.2) is 15.0 Å². The van der Waals surface area contributed by atoms with Crippen LogP contribution in [0.1, 0.15) is 5.56 Å². The lowest BCUT2D eigenvalue weighted by Gasteiger charge is -2.11. The van der Waals surface area contributed by atoms with Gasteiger partial charge in [0.05, 0.1) is 11.0 Å². The molecule has 0 N–H and O–H groups in total. The molecule has 0 fully saturated rings. The first-order chi connectivity index (χ1) is 22.2. The van der Waals surface area contributed by atoms with Crippen molar-refractivity contribution in [2.45, 2.75) is 6.92 Å². The number of para-hydroxylation sites is 2. The van der Waals surface area contributed by atoms with Crippen LogP contribution in [0.4, 0.5) is 0 Å². The number of fused-ring (bicyclic) bond motifs is 6. The number of aryl methyl sites for hydroxylation is 1. The van der Waals surface area contributed by atoms with E-state index in [1.807, 2.05) is 0 Å². The second kappa shape index (κ2) is 10.2. The van der Waals surface area contributed by atoms with E-state index < -0.39 is 0 Å². The Balaban J connectivity index is 1.22. The van der Waals surface area contributed by atoms with Crippen LogP contribution in [0.5, 0.6) is 0 Å². The summed E-state index contributed by atoms with van der Waals surface area (Å²) in [5, 5.41) is 4.98. The van der Waals surface area contributed by atoms with Gasteiger partial charge in [-0.15, -0.1) is 11.3 Å². The minimum absolute atomic E-state index is 0.655. The first kappa shape index (κ1) is 25.8. The maximum absolute atomic E-state index is 5.11. The maximum Gasteiger partial charge on any atom is 0.165 e. The Labute approximate surface area is 263 Å². The average Bonchev–Trinajstić information content (AvgIpc) is 3.65. The van der Waals surface area contributed by atoms with E-state index in [0.29, 0.717) is 17.5 Å². The van der Waals surface area contributed by atoms with E-state index in [0.717, 1.165) is 22.4 Å². The molecule has 0 atom stereocenters. The van der Waals surface area contributed by atoms with Crippen molar-refractivity contribution in [3.8, 4) is 39.9 Å². The van der Waals surface area contributed by atoms with Gasteiger partial charge < -0.3 is 4.57 Å². The molecule has 6 aromatic carbocycles. The molecule has 45 heavy (non-hydrogen) atoms. The Kier molecular flexibility index (Phi) is 5.86. The molecule has 212 valence electrons. The van der Waals surface area contributed by atoms with E-state index in [1.165, 1.54) is 47.5 Å². The highest BCUT2D eigenvalue weighted by Crippen LogP contribution is 2.39. The van der Waals surface area contributed by atoms with Gasteiger partial charge in [-0.3, -0.25) is 0 Å². The smallest absolute Gasteiger partial charge is 0.165 e. The molecular formula is C40H26N4S. The monoisotopic (exact) mass is 594 g/mol. The van der Waals surface area contributed by atoms with Crippen LogP contribution < -0.4 is 0 Å². The minimum Gasteiger partial charge on any atom is -0.309 e. The quantitative estimate of drug-likeness (QED) is 0.204. The number of hydrogen-bond donors (Lipinski definition) is 0. The molecule has 3 aromatic heterocycles. The van der Waals surface area contributed by atoms with Crippen molar-refractivity contribution in [2.24, 2.45) is 0 Å². The van der Waals surface area contributed by atoms with Crippen LogP contribution >= 0.6 is 11.3 Å². The second-order valence-corrected chi connectivity index (χ2v) is 12.4. The van der Waals surface area contributed by atoms with E-state index in [2.05, 4.69) is 151 Å². The van der Waals surface area contributed by atoms with Gasteiger partial charge in [0.2, 0.25) is 0 Å². The highest BCUT2D eigenvalue weighted by atomic mass is 32.1. The van der Waals surface area contributed by atoms with Crippen molar-refractivity contribution in [1.29, 1.82) is 0 Å². The summed E-state index contributed by atoms with van der Waals surface area (Å²) in [6, 6.07) is 49.1. The summed E-state index contributed by atoms with van der Waals surface area (Å²) in [4.78, 5) is 15.2. The largest absolute Gasteiger partial charge is 0.309 e. The average molecular weight is 595 g/mol. The predicted octanol–water partition coefficient (Wildman–Crippen LogP) is 10.6. The van der Waals surface area contributed by atoms with Gasteiger partial charge >= 0.3 is 0 Å². The summed E-state index contributed by atoms with van der Waals surface area (Å²) in [6.45, 7) is 2.09. The van der Waals surface area contributed by atoms with Crippen LogP contribution in [-0.2, 0) is 0 Å². The highest BCUT2D eigenvalue weighted by molar-refractivity contribution is 7.26. The molecule has 9 rings (SSSR count). The number of hydrogen-bond acceptors (Lipinski definition) is 4. The zero-order valence-corrected chi connectivity index (χ0v) is 25.3. The second-order valence-electron chi connectivity index (χ2n) is 11.4. The Bertz CT molecular complexity index is 2490. The standard InChI is InChI=1S/C40H26N4S/c1-25-17-19-26(20-18-25)38-41-39(43-40(42-38)33-13-8-12-32-31-11-4-7-16-36(31)45-37(32)33)27-21-23-28(24-22-27)44-34-14-5-2-9-29(34)30-10-3-6-15-35(30)44/h2-24H,1H3. The van der Waals surface area contributed by atoms with Crippen LogP contribution in [0.3, 0.4) is 0 Å². The number of benzene rings is 6. The summed E-state index contributed by atoms with van der Waals surface area (Å²) < 4.78 is 4.77. The van der Waals surface area contributed by atoms with Crippen LogP contribution in [0.2, 0.25) is 0 Å². The fraction of sp³-hybridized carbons (Fsp3) is 0.0250. The van der Waals surface area contributed by atoms with Gasteiger partial charge in [0.25, 0.3) is 0 Å². The molecule has 9 aromatic rings.